The van der Waals surface area contributed by atoms with E-state index in [0.717, 1.165) is 18.6 Å². The first kappa shape index (κ1) is 12.2. The average Bonchev–Trinajstić information content (AvgIpc) is 3.03. The van der Waals surface area contributed by atoms with E-state index in [2.05, 4.69) is 0 Å². The first-order chi connectivity index (χ1) is 9.30. The van der Waals surface area contributed by atoms with E-state index in [9.17, 15) is 9.59 Å². The monoisotopic (exact) mass is 260 g/mol. The van der Waals surface area contributed by atoms with Gasteiger partial charge in [-0.15, -0.1) is 0 Å². The molecule has 2 bridgehead atoms. The predicted octanol–water partition coefficient (Wildman–Crippen LogP) is 2.60. The summed E-state index contributed by atoms with van der Waals surface area (Å²) in [4.78, 5) is 21.3. The van der Waals surface area contributed by atoms with Gasteiger partial charge in [0, 0.05) is 5.56 Å². The summed E-state index contributed by atoms with van der Waals surface area (Å²) < 4.78 is 10.9. The van der Waals surface area contributed by atoms with E-state index >= 15 is 0 Å². The van der Waals surface area contributed by atoms with Crippen molar-refractivity contribution >= 4 is 12.8 Å². The van der Waals surface area contributed by atoms with Gasteiger partial charge >= 0.3 is 0 Å². The number of carbonyl (C=O) groups is 2. The van der Waals surface area contributed by atoms with E-state index in [1.807, 2.05) is 0 Å². The predicted molar refractivity (Wildman–Crippen MR) is 68.4 cm³/mol. The molecule has 3 unspecified atom stereocenters. The third-order valence-corrected chi connectivity index (χ3v) is 4.23. The Morgan fingerprint density at radius 3 is 2.63 bits per heavy atom. The van der Waals surface area contributed by atoms with Gasteiger partial charge in [0.1, 0.15) is 12.4 Å². The van der Waals surface area contributed by atoms with Crippen LogP contribution in [0, 0.1) is 11.8 Å². The molecule has 0 spiro atoms. The fourth-order valence-electron chi connectivity index (χ4n) is 3.33. The smallest absolute Gasteiger partial charge is 0.298 e. The van der Waals surface area contributed by atoms with Gasteiger partial charge in [-0.3, -0.25) is 9.59 Å². The van der Waals surface area contributed by atoms with Crippen molar-refractivity contribution in [2.24, 2.45) is 11.8 Å². The molecular weight excluding hydrogens is 244 g/mol. The van der Waals surface area contributed by atoms with Crippen molar-refractivity contribution in [1.82, 2.24) is 0 Å². The lowest BCUT2D eigenvalue weighted by Crippen LogP contribution is -2.23. The Morgan fingerprint density at radius 2 is 2.00 bits per heavy atom. The molecule has 3 rings (SSSR count). The minimum absolute atomic E-state index is 0.189. The van der Waals surface area contributed by atoms with Gasteiger partial charge < -0.3 is 9.47 Å². The van der Waals surface area contributed by atoms with Crippen molar-refractivity contribution in [3.05, 3.63) is 23.8 Å². The second-order valence-corrected chi connectivity index (χ2v) is 5.37. The molecule has 1 aromatic rings. The second kappa shape index (κ2) is 5.03. The Balaban J connectivity index is 1.81. The van der Waals surface area contributed by atoms with Gasteiger partial charge in [-0.05, 0) is 55.7 Å². The molecule has 0 amide bonds. The summed E-state index contributed by atoms with van der Waals surface area (Å²) in [6.45, 7) is 0.379. The molecule has 4 heteroatoms. The summed E-state index contributed by atoms with van der Waals surface area (Å²) in [7, 11) is 0. The summed E-state index contributed by atoms with van der Waals surface area (Å²) in [5.41, 5.74) is 0.524. The van der Waals surface area contributed by atoms with Gasteiger partial charge in [0.25, 0.3) is 6.47 Å². The van der Waals surface area contributed by atoms with Crippen LogP contribution in [0.25, 0.3) is 0 Å². The Kier molecular flexibility index (Phi) is 3.23. The lowest BCUT2D eigenvalue weighted by molar-refractivity contribution is -0.120. The first-order valence-corrected chi connectivity index (χ1v) is 6.66. The van der Waals surface area contributed by atoms with Crippen LogP contribution in [-0.2, 0) is 4.79 Å². The van der Waals surface area contributed by atoms with Gasteiger partial charge in [0.05, 0.1) is 0 Å². The number of benzene rings is 1. The number of aldehydes is 1. The maximum Gasteiger partial charge on any atom is 0.298 e. The highest BCUT2D eigenvalue weighted by molar-refractivity contribution is 5.76. The topological polar surface area (TPSA) is 52.6 Å². The summed E-state index contributed by atoms with van der Waals surface area (Å²) in [5.74, 6) is 2.26. The molecular formula is C15H16O4. The van der Waals surface area contributed by atoms with Gasteiger partial charge in [0.15, 0.2) is 11.5 Å². The van der Waals surface area contributed by atoms with Crippen LogP contribution in [0.5, 0.6) is 11.5 Å². The summed E-state index contributed by atoms with van der Waals surface area (Å²) in [6, 6.07) is 4.85. The highest BCUT2D eigenvalue weighted by Crippen LogP contribution is 2.46. The van der Waals surface area contributed by atoms with E-state index in [1.54, 1.807) is 18.2 Å². The molecule has 0 saturated heterocycles. The third kappa shape index (κ3) is 2.35. The van der Waals surface area contributed by atoms with E-state index < -0.39 is 0 Å². The van der Waals surface area contributed by atoms with Gasteiger partial charge in [-0.25, -0.2) is 0 Å². The number of fused-ring (bicyclic) bond motifs is 2. The molecule has 19 heavy (non-hydrogen) atoms. The van der Waals surface area contributed by atoms with Crippen LogP contribution in [0.4, 0.5) is 0 Å². The quantitative estimate of drug-likeness (QED) is 0.764. The second-order valence-electron chi connectivity index (χ2n) is 5.37. The Labute approximate surface area is 111 Å². The van der Waals surface area contributed by atoms with Crippen molar-refractivity contribution < 1.29 is 19.1 Å². The summed E-state index contributed by atoms with van der Waals surface area (Å²) in [5, 5.41) is 0. The summed E-state index contributed by atoms with van der Waals surface area (Å²) >= 11 is 0. The fourth-order valence-corrected chi connectivity index (χ4v) is 3.33. The maximum atomic E-state index is 10.8. The van der Waals surface area contributed by atoms with E-state index in [4.69, 9.17) is 9.47 Å². The van der Waals surface area contributed by atoms with E-state index in [0.29, 0.717) is 29.5 Å². The highest BCUT2D eigenvalue weighted by Gasteiger charge is 2.41. The molecule has 2 aliphatic carbocycles. The number of carbonyl (C=O) groups excluding carboxylic acids is 2. The molecule has 2 saturated carbocycles. The van der Waals surface area contributed by atoms with E-state index in [-0.39, 0.29) is 6.10 Å². The minimum Gasteiger partial charge on any atom is -0.486 e. The zero-order valence-corrected chi connectivity index (χ0v) is 10.6. The Hall–Kier alpha value is -1.84. The molecule has 0 N–H and O–H groups in total. The largest absolute Gasteiger partial charge is 0.486 e. The first-order valence-electron chi connectivity index (χ1n) is 6.66. The van der Waals surface area contributed by atoms with Crippen molar-refractivity contribution in [2.45, 2.75) is 31.8 Å². The summed E-state index contributed by atoms with van der Waals surface area (Å²) in [6.07, 6.45) is 5.77. The zero-order chi connectivity index (χ0) is 13.2. The van der Waals surface area contributed by atoms with Gasteiger partial charge in [0.2, 0.25) is 0 Å². The van der Waals surface area contributed by atoms with Crippen molar-refractivity contribution in [3.63, 3.8) is 0 Å². The number of rotatable bonds is 5. The molecule has 0 aromatic heterocycles. The lowest BCUT2D eigenvalue weighted by Gasteiger charge is -2.24. The number of ether oxygens (including phenoxy) is 2. The zero-order valence-electron chi connectivity index (χ0n) is 10.6. The number of hydrogen-bond acceptors (Lipinski definition) is 4. The van der Waals surface area contributed by atoms with Crippen LogP contribution in [0.3, 0.4) is 0 Å². The van der Waals surface area contributed by atoms with Crippen LogP contribution < -0.4 is 9.47 Å². The molecule has 0 heterocycles. The maximum absolute atomic E-state index is 10.8. The van der Waals surface area contributed by atoms with Gasteiger partial charge in [-0.2, -0.15) is 0 Å². The van der Waals surface area contributed by atoms with Crippen molar-refractivity contribution in [2.75, 3.05) is 0 Å². The lowest BCUT2D eigenvalue weighted by atomic mass is 9.97. The number of hydrogen-bond donors (Lipinski definition) is 0. The molecule has 0 aliphatic heterocycles. The van der Waals surface area contributed by atoms with Crippen LogP contribution in [-0.4, -0.2) is 18.9 Å². The molecule has 2 aliphatic rings. The minimum atomic E-state index is 0.189. The van der Waals surface area contributed by atoms with Crippen LogP contribution >= 0.6 is 0 Å². The SMILES string of the molecule is O=COc1ccc(C=O)cc1OC1CC2CCC1C2. The third-order valence-electron chi connectivity index (χ3n) is 4.23. The van der Waals surface area contributed by atoms with Crippen LogP contribution in [0.15, 0.2) is 18.2 Å². The normalized spacial score (nSPS) is 28.1. The molecule has 100 valence electrons. The molecule has 1 aromatic carbocycles. The van der Waals surface area contributed by atoms with Gasteiger partial charge in [-0.1, -0.05) is 0 Å². The van der Waals surface area contributed by atoms with Crippen LogP contribution in [0.2, 0.25) is 0 Å². The molecule has 3 atom stereocenters. The van der Waals surface area contributed by atoms with Crippen molar-refractivity contribution in [3.8, 4) is 11.5 Å². The van der Waals surface area contributed by atoms with E-state index in [1.165, 1.54) is 19.3 Å². The molecule has 4 nitrogen and oxygen atoms in total. The fraction of sp³-hybridized carbons (Fsp3) is 0.467. The Morgan fingerprint density at radius 1 is 1.11 bits per heavy atom. The van der Waals surface area contributed by atoms with Crippen LogP contribution in [0.1, 0.15) is 36.0 Å². The molecule has 2 fully saturated rings. The molecule has 0 radical (unpaired) electrons. The standard InChI is InChI=1S/C15H16O4/c16-8-11-2-4-13(18-9-17)15(7-11)19-14-6-10-1-3-12(14)5-10/h2,4,7-10,12,14H,1,3,5-6H2. The Bertz CT molecular complexity index is 497. The van der Waals surface area contributed by atoms with Crippen molar-refractivity contribution in [1.29, 1.82) is 0 Å². The average molecular weight is 260 g/mol. The highest BCUT2D eigenvalue weighted by atomic mass is 16.5.